The van der Waals surface area contributed by atoms with Crippen LogP contribution in [-0.4, -0.2) is 16.4 Å². The van der Waals surface area contributed by atoms with Gasteiger partial charge in [-0.2, -0.15) is 0 Å². The van der Waals surface area contributed by atoms with Gasteiger partial charge in [0.2, 0.25) is 5.91 Å². The van der Waals surface area contributed by atoms with Gasteiger partial charge in [-0.3, -0.25) is 4.79 Å². The highest BCUT2D eigenvalue weighted by Crippen LogP contribution is 2.22. The third-order valence-corrected chi connectivity index (χ3v) is 4.03. The summed E-state index contributed by atoms with van der Waals surface area (Å²) in [6, 6.07) is 7.96. The zero-order valence-corrected chi connectivity index (χ0v) is 12.3. The number of amides is 1. The Bertz CT molecular complexity index is 580. The molecule has 1 N–H and O–H groups in total. The van der Waals surface area contributed by atoms with Crippen LogP contribution in [0.1, 0.15) is 32.2 Å². The van der Waals surface area contributed by atoms with Crippen LogP contribution in [0.3, 0.4) is 0 Å². The number of nitrogens with zero attached hydrogens (tertiary/aromatic N) is 1. The molecule has 1 amide bonds. The zero-order chi connectivity index (χ0) is 13.9. The van der Waals surface area contributed by atoms with Crippen molar-refractivity contribution in [1.82, 2.24) is 10.3 Å². The number of hydrogen-bond acceptors (Lipinski definition) is 3. The van der Waals surface area contributed by atoms with Crippen LogP contribution in [0.4, 0.5) is 0 Å². The van der Waals surface area contributed by atoms with Crippen molar-refractivity contribution < 1.29 is 4.79 Å². The molecule has 0 aliphatic heterocycles. The third-order valence-electron chi connectivity index (χ3n) is 3.03. The van der Waals surface area contributed by atoms with Gasteiger partial charge in [0.05, 0.1) is 10.2 Å². The molecule has 1 heterocycles. The standard InChI is InChI=1S/C15H18N2OS/c1-4-15(2,3)17-13(18)9-10-14-16-11-7-5-6-8-12(11)19-14/h5-10H,4H2,1-3H3,(H,17,18)/b10-9+. The highest BCUT2D eigenvalue weighted by Gasteiger charge is 2.15. The van der Waals surface area contributed by atoms with E-state index < -0.39 is 0 Å². The van der Waals surface area contributed by atoms with Crippen LogP contribution >= 0.6 is 11.3 Å². The first-order valence-corrected chi connectivity index (χ1v) is 7.17. The van der Waals surface area contributed by atoms with Crippen molar-refractivity contribution in [3.63, 3.8) is 0 Å². The van der Waals surface area contributed by atoms with Crippen molar-refractivity contribution in [3.05, 3.63) is 35.3 Å². The second kappa shape index (κ2) is 5.53. The predicted molar refractivity (Wildman–Crippen MR) is 81.2 cm³/mol. The molecule has 0 fully saturated rings. The van der Waals surface area contributed by atoms with Crippen LogP contribution in [0.2, 0.25) is 0 Å². The Morgan fingerprint density at radius 3 is 2.84 bits per heavy atom. The van der Waals surface area contributed by atoms with Crippen molar-refractivity contribution in [2.24, 2.45) is 0 Å². The minimum Gasteiger partial charge on any atom is -0.348 e. The molecule has 0 aliphatic rings. The van der Waals surface area contributed by atoms with Crippen molar-refractivity contribution in [2.75, 3.05) is 0 Å². The molecule has 2 rings (SSSR count). The fourth-order valence-corrected chi connectivity index (χ4v) is 2.44. The summed E-state index contributed by atoms with van der Waals surface area (Å²) >= 11 is 1.59. The van der Waals surface area contributed by atoms with E-state index in [2.05, 4.69) is 17.2 Å². The fraction of sp³-hybridized carbons (Fsp3) is 0.333. The van der Waals surface area contributed by atoms with Gasteiger partial charge in [0.15, 0.2) is 0 Å². The van der Waals surface area contributed by atoms with Gasteiger partial charge in [0, 0.05) is 11.6 Å². The summed E-state index contributed by atoms with van der Waals surface area (Å²) < 4.78 is 1.14. The van der Waals surface area contributed by atoms with Crippen LogP contribution < -0.4 is 5.32 Å². The molecule has 0 bridgehead atoms. The lowest BCUT2D eigenvalue weighted by Gasteiger charge is -2.23. The first kappa shape index (κ1) is 13.7. The summed E-state index contributed by atoms with van der Waals surface area (Å²) in [5.74, 6) is -0.0777. The molecule has 1 aromatic heterocycles. The van der Waals surface area contributed by atoms with Gasteiger partial charge in [-0.05, 0) is 38.5 Å². The molecular weight excluding hydrogens is 256 g/mol. The number of thiazole rings is 1. The number of carbonyl (C=O) groups is 1. The summed E-state index contributed by atoms with van der Waals surface area (Å²) in [5, 5.41) is 3.81. The average molecular weight is 274 g/mol. The minimum absolute atomic E-state index is 0.0777. The number of fused-ring (bicyclic) bond motifs is 1. The Hall–Kier alpha value is -1.68. The third kappa shape index (κ3) is 3.64. The molecule has 0 radical (unpaired) electrons. The summed E-state index contributed by atoms with van der Waals surface area (Å²) in [4.78, 5) is 16.2. The van der Waals surface area contributed by atoms with Crippen LogP contribution in [-0.2, 0) is 4.79 Å². The summed E-state index contributed by atoms with van der Waals surface area (Å²) in [6.45, 7) is 6.07. The lowest BCUT2D eigenvalue weighted by atomic mass is 10.0. The first-order chi connectivity index (χ1) is 9.00. The molecule has 100 valence electrons. The second-order valence-electron chi connectivity index (χ2n) is 5.08. The summed E-state index contributed by atoms with van der Waals surface area (Å²) in [6.07, 6.45) is 4.22. The van der Waals surface area contributed by atoms with E-state index in [1.54, 1.807) is 23.5 Å². The molecule has 0 saturated heterocycles. The van der Waals surface area contributed by atoms with Gasteiger partial charge in [0.25, 0.3) is 0 Å². The van der Waals surface area contributed by atoms with Crippen molar-refractivity contribution in [1.29, 1.82) is 0 Å². The molecule has 0 spiro atoms. The maximum Gasteiger partial charge on any atom is 0.244 e. The second-order valence-corrected chi connectivity index (χ2v) is 6.14. The van der Waals surface area contributed by atoms with Gasteiger partial charge in [-0.1, -0.05) is 19.1 Å². The molecule has 4 heteroatoms. The lowest BCUT2D eigenvalue weighted by molar-refractivity contribution is -0.117. The van der Waals surface area contributed by atoms with E-state index in [4.69, 9.17) is 0 Å². The van der Waals surface area contributed by atoms with Crippen molar-refractivity contribution >= 4 is 33.5 Å². The lowest BCUT2D eigenvalue weighted by Crippen LogP contribution is -2.41. The first-order valence-electron chi connectivity index (χ1n) is 6.36. The summed E-state index contributed by atoms with van der Waals surface area (Å²) in [5.41, 5.74) is 0.802. The summed E-state index contributed by atoms with van der Waals surface area (Å²) in [7, 11) is 0. The van der Waals surface area contributed by atoms with Gasteiger partial charge < -0.3 is 5.32 Å². The zero-order valence-electron chi connectivity index (χ0n) is 11.4. The van der Waals surface area contributed by atoms with Crippen LogP contribution in [0.15, 0.2) is 30.3 Å². The van der Waals surface area contributed by atoms with E-state index in [0.717, 1.165) is 21.6 Å². The molecule has 2 aromatic rings. The highest BCUT2D eigenvalue weighted by atomic mass is 32.1. The molecular formula is C15H18N2OS. The van der Waals surface area contributed by atoms with E-state index in [9.17, 15) is 4.79 Å². The Labute approximate surface area is 117 Å². The fourth-order valence-electron chi connectivity index (χ4n) is 1.57. The molecule has 0 atom stereocenters. The predicted octanol–water partition coefficient (Wildman–Crippen LogP) is 3.61. The van der Waals surface area contributed by atoms with E-state index in [1.807, 2.05) is 38.1 Å². The number of aromatic nitrogens is 1. The molecule has 3 nitrogen and oxygen atoms in total. The maximum atomic E-state index is 11.8. The van der Waals surface area contributed by atoms with Crippen molar-refractivity contribution in [3.8, 4) is 0 Å². The number of para-hydroxylation sites is 1. The Kier molecular flexibility index (Phi) is 4.00. The highest BCUT2D eigenvalue weighted by molar-refractivity contribution is 7.19. The van der Waals surface area contributed by atoms with E-state index >= 15 is 0 Å². The monoisotopic (exact) mass is 274 g/mol. The molecule has 0 unspecified atom stereocenters. The van der Waals surface area contributed by atoms with Gasteiger partial charge in [-0.25, -0.2) is 4.98 Å². The van der Waals surface area contributed by atoms with E-state index in [-0.39, 0.29) is 11.4 Å². The number of benzene rings is 1. The minimum atomic E-state index is -0.172. The Morgan fingerprint density at radius 2 is 2.16 bits per heavy atom. The number of carbonyl (C=O) groups excluding carboxylic acids is 1. The Balaban J connectivity index is 2.08. The smallest absolute Gasteiger partial charge is 0.244 e. The maximum absolute atomic E-state index is 11.8. The SMILES string of the molecule is CCC(C)(C)NC(=O)/C=C/c1nc2ccccc2s1. The van der Waals surface area contributed by atoms with Gasteiger partial charge in [-0.15, -0.1) is 11.3 Å². The number of rotatable bonds is 4. The van der Waals surface area contributed by atoms with Crippen LogP contribution in [0.5, 0.6) is 0 Å². The number of nitrogens with one attached hydrogen (secondary N) is 1. The van der Waals surface area contributed by atoms with Crippen LogP contribution in [0, 0.1) is 0 Å². The van der Waals surface area contributed by atoms with Gasteiger partial charge in [0.1, 0.15) is 5.01 Å². The molecule has 1 aromatic carbocycles. The van der Waals surface area contributed by atoms with Gasteiger partial charge >= 0.3 is 0 Å². The molecule has 0 aliphatic carbocycles. The largest absolute Gasteiger partial charge is 0.348 e. The van der Waals surface area contributed by atoms with Crippen LogP contribution in [0.25, 0.3) is 16.3 Å². The average Bonchev–Trinajstić information content (AvgIpc) is 2.78. The van der Waals surface area contributed by atoms with Crippen molar-refractivity contribution in [2.45, 2.75) is 32.7 Å². The quantitative estimate of drug-likeness (QED) is 0.865. The molecule has 19 heavy (non-hydrogen) atoms. The Morgan fingerprint density at radius 1 is 1.42 bits per heavy atom. The topological polar surface area (TPSA) is 42.0 Å². The molecule has 0 saturated carbocycles. The number of hydrogen-bond donors (Lipinski definition) is 1. The normalized spacial score (nSPS) is 12.2. The van der Waals surface area contributed by atoms with E-state index in [1.165, 1.54) is 0 Å². The van der Waals surface area contributed by atoms with E-state index in [0.29, 0.717) is 0 Å².